The van der Waals surface area contributed by atoms with Crippen molar-refractivity contribution in [3.63, 3.8) is 0 Å². The highest BCUT2D eigenvalue weighted by molar-refractivity contribution is 6.17. The summed E-state index contributed by atoms with van der Waals surface area (Å²) in [6.07, 6.45) is 0. The van der Waals surface area contributed by atoms with Gasteiger partial charge in [0.1, 0.15) is 0 Å². The summed E-state index contributed by atoms with van der Waals surface area (Å²) in [4.78, 5) is 4.92. The van der Waals surface area contributed by atoms with Crippen molar-refractivity contribution in [2.45, 2.75) is 12.8 Å². The molecule has 1 aliphatic heterocycles. The van der Waals surface area contributed by atoms with Crippen molar-refractivity contribution in [1.82, 2.24) is 0 Å². The van der Waals surface area contributed by atoms with Gasteiger partial charge in [-0.3, -0.25) is 0 Å². The molecule has 0 unspecified atom stereocenters. The monoisotopic (exact) mass is 300 g/mol. The zero-order chi connectivity index (χ0) is 14.7. The molecule has 2 aromatic carbocycles. The molecule has 0 amide bonds. The second-order valence-corrected chi connectivity index (χ2v) is 5.82. The van der Waals surface area contributed by atoms with Gasteiger partial charge in [-0.2, -0.15) is 0 Å². The maximum atomic E-state index is 5.94. The van der Waals surface area contributed by atoms with E-state index in [4.69, 9.17) is 11.6 Å². The van der Waals surface area contributed by atoms with E-state index in [1.165, 1.54) is 22.5 Å². The molecule has 0 bridgehead atoms. The van der Waals surface area contributed by atoms with Crippen LogP contribution in [0.4, 0.5) is 11.4 Å². The summed E-state index contributed by atoms with van der Waals surface area (Å²) >= 11 is 5.94. The Hall–Kier alpha value is -1.67. The van der Waals surface area contributed by atoms with E-state index in [0.29, 0.717) is 5.88 Å². The van der Waals surface area contributed by atoms with Crippen molar-refractivity contribution in [3.05, 3.63) is 59.7 Å². The molecule has 1 heterocycles. The molecule has 0 N–H and O–H groups in total. The third kappa shape index (κ3) is 3.16. The molecule has 1 fully saturated rings. The van der Waals surface area contributed by atoms with Gasteiger partial charge in [-0.25, -0.2) is 0 Å². The quantitative estimate of drug-likeness (QED) is 0.789. The summed E-state index contributed by atoms with van der Waals surface area (Å²) in [7, 11) is 0. The fourth-order valence-electron chi connectivity index (χ4n) is 2.89. The number of aryl methyl sites for hydroxylation is 1. The maximum absolute atomic E-state index is 5.94. The van der Waals surface area contributed by atoms with E-state index in [9.17, 15) is 0 Å². The lowest BCUT2D eigenvalue weighted by molar-refractivity contribution is 0.653. The number of piperazine rings is 1. The van der Waals surface area contributed by atoms with Crippen LogP contribution < -0.4 is 9.80 Å². The van der Waals surface area contributed by atoms with Gasteiger partial charge in [0.25, 0.3) is 0 Å². The van der Waals surface area contributed by atoms with Gasteiger partial charge >= 0.3 is 0 Å². The van der Waals surface area contributed by atoms with Gasteiger partial charge in [0.05, 0.1) is 0 Å². The molecule has 110 valence electrons. The average molecular weight is 301 g/mol. The number of hydrogen-bond donors (Lipinski definition) is 0. The molecule has 2 nitrogen and oxygen atoms in total. The number of para-hydroxylation sites is 1. The Morgan fingerprint density at radius 2 is 1.48 bits per heavy atom. The summed E-state index contributed by atoms with van der Waals surface area (Å²) in [5.41, 5.74) is 5.15. The predicted molar refractivity (Wildman–Crippen MR) is 91.6 cm³/mol. The number of benzene rings is 2. The van der Waals surface area contributed by atoms with Gasteiger partial charge in [-0.1, -0.05) is 24.3 Å². The summed E-state index contributed by atoms with van der Waals surface area (Å²) in [5.74, 6) is 0.591. The van der Waals surface area contributed by atoms with Crippen molar-refractivity contribution in [3.8, 4) is 0 Å². The molecule has 1 saturated heterocycles. The fourth-order valence-corrected chi connectivity index (χ4v) is 3.19. The minimum absolute atomic E-state index is 0.591. The molecule has 3 heteroatoms. The number of alkyl halides is 1. The fraction of sp³-hybridized carbons (Fsp3) is 0.333. The van der Waals surface area contributed by atoms with Crippen LogP contribution in [-0.4, -0.2) is 26.2 Å². The van der Waals surface area contributed by atoms with Gasteiger partial charge in [0.15, 0.2) is 0 Å². The minimum Gasteiger partial charge on any atom is -0.368 e. The van der Waals surface area contributed by atoms with E-state index in [0.717, 1.165) is 26.2 Å². The standard InChI is InChI=1S/C18H21ClN2/c1-15-13-18(8-7-16(15)14-19)21-11-9-20(10-12-21)17-5-3-2-4-6-17/h2-8,13H,9-12,14H2,1H3. The van der Waals surface area contributed by atoms with Gasteiger partial charge in [-0.05, 0) is 42.3 Å². The van der Waals surface area contributed by atoms with Crippen LogP contribution in [0.3, 0.4) is 0 Å². The number of rotatable bonds is 3. The van der Waals surface area contributed by atoms with E-state index in [1.807, 2.05) is 0 Å². The van der Waals surface area contributed by atoms with Crippen LogP contribution in [0.15, 0.2) is 48.5 Å². The number of halogens is 1. The highest BCUT2D eigenvalue weighted by Gasteiger charge is 2.17. The third-order valence-electron chi connectivity index (χ3n) is 4.24. The first-order valence-corrected chi connectivity index (χ1v) is 8.02. The van der Waals surface area contributed by atoms with Crippen LogP contribution in [0.2, 0.25) is 0 Å². The van der Waals surface area contributed by atoms with E-state index >= 15 is 0 Å². The zero-order valence-corrected chi connectivity index (χ0v) is 13.2. The Labute approximate surface area is 131 Å². The van der Waals surface area contributed by atoms with Crippen molar-refractivity contribution >= 4 is 23.0 Å². The Morgan fingerprint density at radius 1 is 0.857 bits per heavy atom. The van der Waals surface area contributed by atoms with Crippen LogP contribution in [0.1, 0.15) is 11.1 Å². The lowest BCUT2D eigenvalue weighted by Crippen LogP contribution is -2.46. The van der Waals surface area contributed by atoms with Gasteiger partial charge in [0, 0.05) is 43.4 Å². The largest absolute Gasteiger partial charge is 0.368 e. The lowest BCUT2D eigenvalue weighted by Gasteiger charge is -2.37. The van der Waals surface area contributed by atoms with E-state index in [2.05, 4.69) is 65.3 Å². The van der Waals surface area contributed by atoms with Crippen LogP contribution in [0.5, 0.6) is 0 Å². The third-order valence-corrected chi connectivity index (χ3v) is 4.52. The van der Waals surface area contributed by atoms with E-state index in [1.54, 1.807) is 0 Å². The molecule has 21 heavy (non-hydrogen) atoms. The minimum atomic E-state index is 0.591. The molecule has 0 aliphatic carbocycles. The topological polar surface area (TPSA) is 6.48 Å². The Balaban J connectivity index is 1.67. The van der Waals surface area contributed by atoms with Crippen LogP contribution in [0.25, 0.3) is 0 Å². The van der Waals surface area contributed by atoms with Crippen molar-refractivity contribution in [2.75, 3.05) is 36.0 Å². The molecular weight excluding hydrogens is 280 g/mol. The Morgan fingerprint density at radius 3 is 2.05 bits per heavy atom. The maximum Gasteiger partial charge on any atom is 0.0476 e. The summed E-state index contributed by atoms with van der Waals surface area (Å²) in [6, 6.07) is 17.3. The molecule has 0 spiro atoms. The Kier molecular flexibility index (Phi) is 4.35. The number of nitrogens with zero attached hydrogens (tertiary/aromatic N) is 2. The lowest BCUT2D eigenvalue weighted by atomic mass is 10.1. The summed E-state index contributed by atoms with van der Waals surface area (Å²) < 4.78 is 0. The van der Waals surface area contributed by atoms with E-state index in [-0.39, 0.29) is 0 Å². The van der Waals surface area contributed by atoms with Crippen molar-refractivity contribution in [1.29, 1.82) is 0 Å². The summed E-state index contributed by atoms with van der Waals surface area (Å²) in [6.45, 7) is 6.41. The molecule has 0 saturated carbocycles. The van der Waals surface area contributed by atoms with E-state index < -0.39 is 0 Å². The van der Waals surface area contributed by atoms with Crippen molar-refractivity contribution < 1.29 is 0 Å². The second kappa shape index (κ2) is 6.40. The molecule has 0 aromatic heterocycles. The molecule has 1 aliphatic rings. The predicted octanol–water partition coefficient (Wildman–Crippen LogP) is 4.06. The Bertz CT molecular complexity index is 589. The highest BCUT2D eigenvalue weighted by atomic mass is 35.5. The summed E-state index contributed by atoms with van der Waals surface area (Å²) in [5, 5.41) is 0. The molecule has 3 rings (SSSR count). The van der Waals surface area contributed by atoms with Crippen LogP contribution in [-0.2, 0) is 5.88 Å². The molecule has 0 atom stereocenters. The van der Waals surface area contributed by atoms with Crippen molar-refractivity contribution in [2.24, 2.45) is 0 Å². The SMILES string of the molecule is Cc1cc(N2CCN(c3ccccc3)CC2)ccc1CCl. The first kappa shape index (κ1) is 14.3. The van der Waals surface area contributed by atoms with Crippen LogP contribution >= 0.6 is 11.6 Å². The average Bonchev–Trinajstić information content (AvgIpc) is 2.56. The zero-order valence-electron chi connectivity index (χ0n) is 12.4. The molecule has 0 radical (unpaired) electrons. The van der Waals surface area contributed by atoms with Crippen LogP contribution in [0, 0.1) is 6.92 Å². The molecular formula is C18H21ClN2. The first-order valence-electron chi connectivity index (χ1n) is 7.48. The second-order valence-electron chi connectivity index (χ2n) is 5.55. The highest BCUT2D eigenvalue weighted by Crippen LogP contribution is 2.23. The molecule has 2 aromatic rings. The van der Waals surface area contributed by atoms with Gasteiger partial charge < -0.3 is 9.80 Å². The first-order chi connectivity index (χ1) is 10.3. The normalized spacial score (nSPS) is 15.3. The number of hydrogen-bond acceptors (Lipinski definition) is 2. The van der Waals surface area contributed by atoms with Gasteiger partial charge in [0.2, 0.25) is 0 Å². The smallest absolute Gasteiger partial charge is 0.0476 e. The number of anilines is 2. The van der Waals surface area contributed by atoms with Gasteiger partial charge in [-0.15, -0.1) is 11.6 Å².